The summed E-state index contributed by atoms with van der Waals surface area (Å²) in [6, 6.07) is 4.24. The molecule has 6 N–H and O–H groups in total. The van der Waals surface area contributed by atoms with E-state index in [9.17, 15) is 14.5 Å². The number of anilines is 1. The van der Waals surface area contributed by atoms with Crippen molar-refractivity contribution < 1.29 is 28.7 Å². The maximum Gasteiger partial charge on any atom is 0.308 e. The highest BCUT2D eigenvalue weighted by atomic mass is 31.1. The van der Waals surface area contributed by atoms with Gasteiger partial charge in [-0.15, -0.1) is 0 Å². The van der Waals surface area contributed by atoms with Gasteiger partial charge < -0.3 is 40.8 Å². The predicted octanol–water partition coefficient (Wildman–Crippen LogP) is 5.34. The molecule has 0 spiro atoms. The van der Waals surface area contributed by atoms with E-state index in [0.29, 0.717) is 61.6 Å². The maximum absolute atomic E-state index is 12.8. The van der Waals surface area contributed by atoms with Crippen LogP contribution in [-0.2, 0) is 19.1 Å². The Kier molecular flexibility index (Phi) is 18.5. The van der Waals surface area contributed by atoms with Crippen LogP contribution in [0.15, 0.2) is 42.5 Å². The highest BCUT2D eigenvalue weighted by molar-refractivity contribution is 7.31. The molecular formula is C36H55N6O6P. The SMILES string of the molecule is CCC(C)OC(Oc1ccc(C(C/C(N)=C/NCCN(CC)C(=O)CCCC#Cc2cnc(C(C)C)nc2)OC(=O)C(C)C)cc1N)PO. The molecule has 270 valence electrons. The highest BCUT2D eigenvalue weighted by Crippen LogP contribution is 2.33. The van der Waals surface area contributed by atoms with Crippen LogP contribution in [0.25, 0.3) is 0 Å². The van der Waals surface area contributed by atoms with Gasteiger partial charge in [-0.1, -0.05) is 52.5 Å². The van der Waals surface area contributed by atoms with Crippen LogP contribution in [0.1, 0.15) is 110 Å². The van der Waals surface area contributed by atoms with E-state index in [0.717, 1.165) is 17.8 Å². The van der Waals surface area contributed by atoms with Crippen LogP contribution < -0.4 is 21.5 Å². The summed E-state index contributed by atoms with van der Waals surface area (Å²) in [5.41, 5.74) is 14.8. The molecule has 0 radical (unpaired) electrons. The van der Waals surface area contributed by atoms with Gasteiger partial charge in [-0.3, -0.25) is 9.59 Å². The van der Waals surface area contributed by atoms with Gasteiger partial charge in [0.1, 0.15) is 17.7 Å². The molecule has 0 saturated heterocycles. The predicted molar refractivity (Wildman–Crippen MR) is 194 cm³/mol. The average molecular weight is 699 g/mol. The fourth-order valence-corrected chi connectivity index (χ4v) is 4.84. The molecule has 13 heteroatoms. The zero-order valence-electron chi connectivity index (χ0n) is 30.0. The number of nitrogen functional groups attached to an aromatic ring is 1. The minimum atomic E-state index is -0.838. The topological polar surface area (TPSA) is 175 Å². The summed E-state index contributed by atoms with van der Waals surface area (Å²) in [6.45, 7) is 15.0. The van der Waals surface area contributed by atoms with Crippen molar-refractivity contribution in [1.29, 1.82) is 0 Å². The van der Waals surface area contributed by atoms with Gasteiger partial charge in [0.05, 0.1) is 32.1 Å². The number of nitrogens with one attached hydrogen (secondary N) is 1. The number of nitrogens with zero attached hydrogens (tertiary/aromatic N) is 3. The third-order valence-electron chi connectivity index (χ3n) is 7.49. The number of benzene rings is 1. The first-order valence-electron chi connectivity index (χ1n) is 17.0. The summed E-state index contributed by atoms with van der Waals surface area (Å²) in [4.78, 5) is 45.5. The maximum atomic E-state index is 12.8. The molecule has 4 unspecified atom stereocenters. The van der Waals surface area contributed by atoms with E-state index in [1.165, 1.54) is 0 Å². The Morgan fingerprint density at radius 2 is 1.86 bits per heavy atom. The van der Waals surface area contributed by atoms with Gasteiger partial charge in [-0.2, -0.15) is 0 Å². The van der Waals surface area contributed by atoms with Gasteiger partial charge in [-0.05, 0) is 44.4 Å². The largest absolute Gasteiger partial charge is 0.457 e. The van der Waals surface area contributed by atoms with Crippen molar-refractivity contribution in [2.75, 3.05) is 25.4 Å². The lowest BCUT2D eigenvalue weighted by Crippen LogP contribution is -2.35. The number of esters is 1. The number of aromatic nitrogens is 2. The standard InChI is InChI=1S/C36H55N6O6P/c1-8-26(7)46-36(49-45)48-31-16-15-28(19-30(31)38)32(47-35(44)25(5)6)20-29(37)23-39-17-18-42(9-2)33(43)14-12-10-11-13-27-21-40-34(24(3)4)41-22-27/h15-16,19,21-26,32,36,39,45,49H,8-10,12,14,17-18,20,37-38H2,1-7H3/b29-23-. The molecule has 1 aromatic heterocycles. The molecule has 0 aliphatic heterocycles. The van der Waals surface area contributed by atoms with Crippen molar-refractivity contribution >= 4 is 26.4 Å². The number of carbonyl (C=O) groups is 2. The zero-order chi connectivity index (χ0) is 36.3. The Balaban J connectivity index is 1.93. The minimum Gasteiger partial charge on any atom is -0.457 e. The van der Waals surface area contributed by atoms with E-state index in [1.54, 1.807) is 55.5 Å². The lowest BCUT2D eigenvalue weighted by Gasteiger charge is -2.23. The highest BCUT2D eigenvalue weighted by Gasteiger charge is 2.22. The number of hydrogen-bond acceptors (Lipinski definition) is 11. The first-order chi connectivity index (χ1) is 23.4. The number of carbonyl (C=O) groups excluding carboxylic acids is 2. The molecule has 0 aliphatic carbocycles. The number of amides is 1. The Hall–Kier alpha value is -3.91. The zero-order valence-corrected chi connectivity index (χ0v) is 31.0. The number of likely N-dealkylation sites (N-methyl/N-ethyl adjacent to an activating group) is 1. The minimum absolute atomic E-state index is 0.0653. The molecule has 0 fully saturated rings. The van der Waals surface area contributed by atoms with Crippen LogP contribution in [0.2, 0.25) is 0 Å². The summed E-state index contributed by atoms with van der Waals surface area (Å²) in [5.74, 6) is 6.93. The molecule has 0 saturated carbocycles. The molecule has 1 aromatic carbocycles. The van der Waals surface area contributed by atoms with Gasteiger partial charge in [0.2, 0.25) is 11.9 Å². The molecule has 12 nitrogen and oxygen atoms in total. The Bertz CT molecular complexity index is 1410. The second-order valence-corrected chi connectivity index (χ2v) is 13.0. The van der Waals surface area contributed by atoms with E-state index in [1.807, 2.05) is 34.6 Å². The van der Waals surface area contributed by atoms with Gasteiger partial charge in [0.15, 0.2) is 0 Å². The van der Waals surface area contributed by atoms with Crippen LogP contribution >= 0.6 is 8.81 Å². The number of ether oxygens (including phenoxy) is 3. The number of nitrogens with two attached hydrogens (primary N) is 2. The van der Waals surface area contributed by atoms with Gasteiger partial charge >= 0.3 is 5.97 Å². The third kappa shape index (κ3) is 15.0. The molecule has 2 aromatic rings. The van der Waals surface area contributed by atoms with Crippen molar-refractivity contribution in [3.63, 3.8) is 0 Å². The second-order valence-electron chi connectivity index (χ2n) is 12.3. The van der Waals surface area contributed by atoms with Crippen LogP contribution in [0.4, 0.5) is 5.69 Å². The van der Waals surface area contributed by atoms with E-state index >= 15 is 0 Å². The normalized spacial score (nSPS) is 13.6. The molecule has 0 bridgehead atoms. The number of rotatable bonds is 20. The summed E-state index contributed by atoms with van der Waals surface area (Å²) in [7, 11) is -0.591. The smallest absolute Gasteiger partial charge is 0.308 e. The Morgan fingerprint density at radius 1 is 1.14 bits per heavy atom. The average Bonchev–Trinajstić information content (AvgIpc) is 3.08. The van der Waals surface area contributed by atoms with Gasteiger partial charge in [0.25, 0.3) is 0 Å². The molecule has 2 rings (SSSR count). The van der Waals surface area contributed by atoms with Crippen LogP contribution in [-0.4, -0.2) is 63.4 Å². The van der Waals surface area contributed by atoms with Crippen molar-refractivity contribution in [2.45, 2.75) is 105 Å². The molecule has 1 amide bonds. The van der Waals surface area contributed by atoms with Crippen LogP contribution in [0, 0.1) is 17.8 Å². The van der Waals surface area contributed by atoms with Gasteiger partial charge in [0, 0.05) is 69.1 Å². The molecule has 0 aliphatic rings. The van der Waals surface area contributed by atoms with E-state index in [-0.39, 0.29) is 36.2 Å². The fourth-order valence-electron chi connectivity index (χ4n) is 4.37. The summed E-state index contributed by atoms with van der Waals surface area (Å²) < 4.78 is 17.3. The second kappa shape index (κ2) is 21.9. The first-order valence-corrected chi connectivity index (χ1v) is 18.0. The molecular weight excluding hydrogens is 643 g/mol. The van der Waals surface area contributed by atoms with Crippen molar-refractivity contribution in [3.8, 4) is 17.6 Å². The monoisotopic (exact) mass is 698 g/mol. The summed E-state index contributed by atoms with van der Waals surface area (Å²) in [5, 5.41) is 3.17. The van der Waals surface area contributed by atoms with Crippen molar-refractivity contribution in [3.05, 3.63) is 59.4 Å². The van der Waals surface area contributed by atoms with Crippen molar-refractivity contribution in [2.24, 2.45) is 11.7 Å². The Morgan fingerprint density at radius 3 is 2.45 bits per heavy atom. The van der Waals surface area contributed by atoms with E-state index in [2.05, 4.69) is 27.1 Å². The molecule has 1 heterocycles. The summed E-state index contributed by atoms with van der Waals surface area (Å²) >= 11 is 0. The molecule has 4 atom stereocenters. The van der Waals surface area contributed by atoms with Gasteiger partial charge in [-0.25, -0.2) is 9.97 Å². The lowest BCUT2D eigenvalue weighted by molar-refractivity contribution is -0.153. The number of unbranched alkanes of at least 4 members (excludes halogenated alkanes) is 1. The lowest BCUT2D eigenvalue weighted by atomic mass is 10.0. The quantitative estimate of drug-likeness (QED) is 0.0351. The van der Waals surface area contributed by atoms with Crippen LogP contribution in [0.5, 0.6) is 5.75 Å². The molecule has 49 heavy (non-hydrogen) atoms. The van der Waals surface area contributed by atoms with Crippen LogP contribution in [0.3, 0.4) is 0 Å². The van der Waals surface area contributed by atoms with Crippen molar-refractivity contribution in [1.82, 2.24) is 20.2 Å². The number of hydrogen-bond donors (Lipinski definition) is 4. The fraction of sp³-hybridized carbons (Fsp3) is 0.556. The summed E-state index contributed by atoms with van der Waals surface area (Å²) in [6.07, 6.45) is 7.00. The Labute approximate surface area is 293 Å². The first kappa shape index (κ1) is 41.3. The third-order valence-corrected chi connectivity index (χ3v) is 7.95. The van der Waals surface area contributed by atoms with E-state index in [4.69, 9.17) is 25.7 Å². The van der Waals surface area contributed by atoms with E-state index < -0.39 is 20.9 Å².